The molecule has 0 spiro atoms. The van der Waals surface area contributed by atoms with Crippen molar-refractivity contribution < 1.29 is 4.79 Å². The minimum absolute atomic E-state index is 0.00516. The predicted molar refractivity (Wildman–Crippen MR) is 79.1 cm³/mol. The third-order valence-electron chi connectivity index (χ3n) is 3.39. The van der Waals surface area contributed by atoms with E-state index < -0.39 is 5.41 Å². The van der Waals surface area contributed by atoms with Crippen LogP contribution in [0.15, 0.2) is 42.7 Å². The van der Waals surface area contributed by atoms with Gasteiger partial charge in [-0.05, 0) is 37.6 Å². The number of nitrogen functional groups attached to an aromatic ring is 1. The van der Waals surface area contributed by atoms with Crippen molar-refractivity contribution in [3.8, 4) is 0 Å². The maximum Gasteiger partial charge on any atom is 0.230 e. The Kier molecular flexibility index (Phi) is 4.08. The van der Waals surface area contributed by atoms with Crippen LogP contribution in [0.5, 0.6) is 0 Å². The lowest BCUT2D eigenvalue weighted by molar-refractivity contribution is -0.125. The molecule has 5 nitrogen and oxygen atoms in total. The van der Waals surface area contributed by atoms with Gasteiger partial charge in [0.25, 0.3) is 0 Å². The first kappa shape index (κ1) is 14.1. The van der Waals surface area contributed by atoms with Crippen LogP contribution < -0.4 is 11.1 Å². The SMILES string of the molecule is CC(C)(C(=O)NCCn1cccn1)c1ccc(N)cc1. The summed E-state index contributed by atoms with van der Waals surface area (Å²) in [5.41, 5.74) is 6.73. The summed E-state index contributed by atoms with van der Waals surface area (Å²) in [6, 6.07) is 9.27. The number of carbonyl (C=O) groups excluding carboxylic acids is 1. The Labute approximate surface area is 118 Å². The highest BCUT2D eigenvalue weighted by atomic mass is 16.2. The average Bonchev–Trinajstić information content (AvgIpc) is 2.92. The molecule has 0 bridgehead atoms. The van der Waals surface area contributed by atoms with Crippen molar-refractivity contribution in [3.63, 3.8) is 0 Å². The summed E-state index contributed by atoms with van der Waals surface area (Å²) in [4.78, 5) is 12.3. The maximum absolute atomic E-state index is 12.3. The third-order valence-corrected chi connectivity index (χ3v) is 3.39. The van der Waals surface area contributed by atoms with Crippen LogP contribution in [-0.2, 0) is 16.8 Å². The molecule has 3 N–H and O–H groups in total. The molecule has 0 aliphatic rings. The molecule has 2 rings (SSSR count). The first-order valence-electron chi connectivity index (χ1n) is 6.62. The predicted octanol–water partition coefficient (Wildman–Crippen LogP) is 1.56. The van der Waals surface area contributed by atoms with Gasteiger partial charge in [0.2, 0.25) is 5.91 Å². The number of nitrogens with two attached hydrogens (primary N) is 1. The fraction of sp³-hybridized carbons (Fsp3) is 0.333. The van der Waals surface area contributed by atoms with Gasteiger partial charge in [-0.1, -0.05) is 12.1 Å². The van der Waals surface area contributed by atoms with E-state index in [-0.39, 0.29) is 5.91 Å². The van der Waals surface area contributed by atoms with Crippen molar-refractivity contribution in [3.05, 3.63) is 48.3 Å². The molecule has 0 aliphatic heterocycles. The Morgan fingerprint density at radius 1 is 1.35 bits per heavy atom. The van der Waals surface area contributed by atoms with E-state index in [1.165, 1.54) is 0 Å². The van der Waals surface area contributed by atoms with E-state index in [1.54, 1.807) is 10.9 Å². The van der Waals surface area contributed by atoms with E-state index in [4.69, 9.17) is 5.73 Å². The molecule has 5 heteroatoms. The second-order valence-corrected chi connectivity index (χ2v) is 5.27. The lowest BCUT2D eigenvalue weighted by atomic mass is 9.83. The quantitative estimate of drug-likeness (QED) is 0.811. The highest BCUT2D eigenvalue weighted by molar-refractivity contribution is 5.87. The Hall–Kier alpha value is -2.30. The van der Waals surface area contributed by atoms with Gasteiger partial charge in [-0.2, -0.15) is 5.10 Å². The van der Waals surface area contributed by atoms with E-state index in [2.05, 4.69) is 10.4 Å². The number of rotatable bonds is 5. The van der Waals surface area contributed by atoms with Gasteiger partial charge >= 0.3 is 0 Å². The van der Waals surface area contributed by atoms with E-state index in [0.717, 1.165) is 5.56 Å². The van der Waals surface area contributed by atoms with Gasteiger partial charge in [-0.3, -0.25) is 9.48 Å². The molecule has 20 heavy (non-hydrogen) atoms. The highest BCUT2D eigenvalue weighted by Gasteiger charge is 2.29. The molecule has 0 radical (unpaired) electrons. The largest absolute Gasteiger partial charge is 0.399 e. The molecule has 0 saturated heterocycles. The molecule has 1 amide bonds. The first-order chi connectivity index (χ1) is 9.50. The van der Waals surface area contributed by atoms with Gasteiger partial charge in [0.05, 0.1) is 12.0 Å². The zero-order chi connectivity index (χ0) is 14.6. The summed E-state index contributed by atoms with van der Waals surface area (Å²) >= 11 is 0. The summed E-state index contributed by atoms with van der Waals surface area (Å²) in [7, 11) is 0. The normalized spacial score (nSPS) is 11.3. The molecule has 2 aromatic rings. The van der Waals surface area contributed by atoms with Crippen LogP contribution in [0, 0.1) is 0 Å². The van der Waals surface area contributed by atoms with Crippen LogP contribution in [0.4, 0.5) is 5.69 Å². The van der Waals surface area contributed by atoms with Gasteiger partial charge in [-0.15, -0.1) is 0 Å². The first-order valence-corrected chi connectivity index (χ1v) is 6.62. The minimum atomic E-state index is -0.585. The maximum atomic E-state index is 12.3. The van der Waals surface area contributed by atoms with Crippen molar-refractivity contribution in [1.29, 1.82) is 0 Å². The Morgan fingerprint density at radius 3 is 2.65 bits per heavy atom. The number of amides is 1. The van der Waals surface area contributed by atoms with Crippen molar-refractivity contribution in [2.24, 2.45) is 0 Å². The Morgan fingerprint density at radius 2 is 2.05 bits per heavy atom. The van der Waals surface area contributed by atoms with Crippen LogP contribution in [0.1, 0.15) is 19.4 Å². The fourth-order valence-corrected chi connectivity index (χ4v) is 1.97. The summed E-state index contributed by atoms with van der Waals surface area (Å²) in [6.07, 6.45) is 3.59. The van der Waals surface area contributed by atoms with Crippen LogP contribution in [0.25, 0.3) is 0 Å². The second-order valence-electron chi connectivity index (χ2n) is 5.27. The zero-order valence-corrected chi connectivity index (χ0v) is 11.8. The number of nitrogens with one attached hydrogen (secondary N) is 1. The van der Waals surface area contributed by atoms with E-state index in [9.17, 15) is 4.79 Å². The Bertz CT molecular complexity index is 558. The van der Waals surface area contributed by atoms with Crippen LogP contribution in [0.2, 0.25) is 0 Å². The number of nitrogens with zero attached hydrogens (tertiary/aromatic N) is 2. The van der Waals surface area contributed by atoms with Gasteiger partial charge in [0.1, 0.15) is 0 Å². The summed E-state index contributed by atoms with van der Waals surface area (Å²) < 4.78 is 1.79. The average molecular weight is 272 g/mol. The molecule has 106 valence electrons. The third kappa shape index (κ3) is 3.17. The molecular formula is C15H20N4O. The number of benzene rings is 1. The summed E-state index contributed by atoms with van der Waals surface area (Å²) in [5, 5.41) is 7.04. The number of hydrogen-bond acceptors (Lipinski definition) is 3. The molecular weight excluding hydrogens is 252 g/mol. The number of carbonyl (C=O) groups is 1. The van der Waals surface area contributed by atoms with Crippen molar-refractivity contribution in [1.82, 2.24) is 15.1 Å². The number of anilines is 1. The molecule has 0 saturated carbocycles. The van der Waals surface area contributed by atoms with Crippen molar-refractivity contribution in [2.75, 3.05) is 12.3 Å². The summed E-state index contributed by atoms with van der Waals surface area (Å²) in [6.45, 7) is 5.03. The monoisotopic (exact) mass is 272 g/mol. The van der Waals surface area contributed by atoms with Gasteiger partial charge < -0.3 is 11.1 Å². The van der Waals surface area contributed by atoms with E-state index in [0.29, 0.717) is 18.8 Å². The molecule has 0 fully saturated rings. The second kappa shape index (κ2) is 5.77. The van der Waals surface area contributed by atoms with Gasteiger partial charge in [-0.25, -0.2) is 0 Å². The topological polar surface area (TPSA) is 72.9 Å². The van der Waals surface area contributed by atoms with Gasteiger partial charge in [0, 0.05) is 24.6 Å². The fourth-order valence-electron chi connectivity index (χ4n) is 1.97. The van der Waals surface area contributed by atoms with Gasteiger partial charge in [0.15, 0.2) is 0 Å². The Balaban J connectivity index is 1.94. The molecule has 1 heterocycles. The van der Waals surface area contributed by atoms with Crippen LogP contribution >= 0.6 is 0 Å². The minimum Gasteiger partial charge on any atom is -0.399 e. The highest BCUT2D eigenvalue weighted by Crippen LogP contribution is 2.24. The lowest BCUT2D eigenvalue weighted by Gasteiger charge is -2.24. The molecule has 0 atom stereocenters. The molecule has 1 aromatic heterocycles. The van der Waals surface area contributed by atoms with Crippen molar-refractivity contribution in [2.45, 2.75) is 25.8 Å². The lowest BCUT2D eigenvalue weighted by Crippen LogP contribution is -2.41. The smallest absolute Gasteiger partial charge is 0.230 e. The molecule has 1 aromatic carbocycles. The summed E-state index contributed by atoms with van der Waals surface area (Å²) in [5.74, 6) is -0.00516. The van der Waals surface area contributed by atoms with Crippen LogP contribution in [-0.4, -0.2) is 22.2 Å². The van der Waals surface area contributed by atoms with Crippen LogP contribution in [0.3, 0.4) is 0 Å². The standard InChI is InChI=1S/C15H20N4O/c1-15(2,12-4-6-13(16)7-5-12)14(20)17-9-11-19-10-3-8-18-19/h3-8,10H,9,11,16H2,1-2H3,(H,17,20). The number of aromatic nitrogens is 2. The van der Waals surface area contributed by atoms with E-state index in [1.807, 2.05) is 50.4 Å². The van der Waals surface area contributed by atoms with Crippen molar-refractivity contribution >= 4 is 11.6 Å². The number of hydrogen-bond donors (Lipinski definition) is 2. The zero-order valence-electron chi connectivity index (χ0n) is 11.8. The molecule has 0 unspecified atom stereocenters. The molecule has 0 aliphatic carbocycles. The van der Waals surface area contributed by atoms with E-state index >= 15 is 0 Å².